The van der Waals surface area contributed by atoms with Gasteiger partial charge in [0.1, 0.15) is 16.5 Å². The molecule has 24 heavy (non-hydrogen) atoms. The van der Waals surface area contributed by atoms with E-state index in [-0.39, 0.29) is 0 Å². The summed E-state index contributed by atoms with van der Waals surface area (Å²) in [5, 5.41) is 7.90. The summed E-state index contributed by atoms with van der Waals surface area (Å²) in [6, 6.07) is 3.92. The predicted octanol–water partition coefficient (Wildman–Crippen LogP) is 2.73. The van der Waals surface area contributed by atoms with Crippen molar-refractivity contribution in [2.45, 2.75) is 20.3 Å². The molecule has 0 fully saturated rings. The van der Waals surface area contributed by atoms with Gasteiger partial charge in [-0.25, -0.2) is 9.97 Å². The molecule has 0 amide bonds. The number of aromatic nitrogens is 3. The fourth-order valence-corrected chi connectivity index (χ4v) is 3.57. The topological polar surface area (TPSA) is 88.8 Å². The summed E-state index contributed by atoms with van der Waals surface area (Å²) in [6.45, 7) is 6.34. The van der Waals surface area contributed by atoms with E-state index in [2.05, 4.69) is 39.4 Å². The van der Waals surface area contributed by atoms with Crippen LogP contribution in [0.25, 0.3) is 10.2 Å². The number of pyridine rings is 1. The van der Waals surface area contributed by atoms with Gasteiger partial charge >= 0.3 is 0 Å². The van der Waals surface area contributed by atoms with Crippen LogP contribution in [0, 0.1) is 13.8 Å². The standard InChI is InChI=1S/C17H22N6S/c1-11-12(2)24-17-15(11)16(22-14(23-17)5-6-18)21-9-8-20-13-4-3-7-19-10-13/h3-4,7,10,20H,5-6,8-9,18H2,1-2H3,(H,21,22,23). The molecule has 0 spiro atoms. The Labute approximate surface area is 145 Å². The number of anilines is 2. The summed E-state index contributed by atoms with van der Waals surface area (Å²) in [7, 11) is 0. The smallest absolute Gasteiger partial charge is 0.138 e. The molecule has 0 aliphatic rings. The van der Waals surface area contributed by atoms with E-state index in [1.54, 1.807) is 17.5 Å². The summed E-state index contributed by atoms with van der Waals surface area (Å²) in [4.78, 5) is 15.7. The second-order valence-electron chi connectivity index (χ2n) is 5.59. The summed E-state index contributed by atoms with van der Waals surface area (Å²) in [6.07, 6.45) is 4.27. The molecule has 0 aromatic carbocycles. The molecule has 3 heterocycles. The first-order valence-corrected chi connectivity index (χ1v) is 8.85. The molecule has 0 atom stereocenters. The largest absolute Gasteiger partial charge is 0.382 e. The highest BCUT2D eigenvalue weighted by atomic mass is 32.1. The van der Waals surface area contributed by atoms with E-state index in [4.69, 9.17) is 5.73 Å². The minimum Gasteiger partial charge on any atom is -0.382 e. The third-order valence-electron chi connectivity index (χ3n) is 3.85. The van der Waals surface area contributed by atoms with Gasteiger partial charge in [-0.05, 0) is 38.1 Å². The summed E-state index contributed by atoms with van der Waals surface area (Å²) in [5.41, 5.74) is 7.92. The molecule has 0 radical (unpaired) electrons. The summed E-state index contributed by atoms with van der Waals surface area (Å²) >= 11 is 1.71. The van der Waals surface area contributed by atoms with E-state index in [1.165, 1.54) is 10.4 Å². The fraction of sp³-hybridized carbons (Fsp3) is 0.353. The molecule has 0 saturated carbocycles. The number of hydrogen-bond acceptors (Lipinski definition) is 7. The van der Waals surface area contributed by atoms with Crippen LogP contribution in [0.3, 0.4) is 0 Å². The first-order valence-electron chi connectivity index (χ1n) is 8.03. The van der Waals surface area contributed by atoms with E-state index in [1.807, 2.05) is 18.3 Å². The Morgan fingerprint density at radius 1 is 1.17 bits per heavy atom. The Hall–Kier alpha value is -2.25. The predicted molar refractivity (Wildman–Crippen MR) is 101 cm³/mol. The van der Waals surface area contributed by atoms with Crippen molar-refractivity contribution in [3.05, 3.63) is 40.8 Å². The van der Waals surface area contributed by atoms with Crippen molar-refractivity contribution in [2.24, 2.45) is 5.73 Å². The van der Waals surface area contributed by atoms with Crippen LogP contribution in [0.4, 0.5) is 11.5 Å². The van der Waals surface area contributed by atoms with Crippen LogP contribution in [-0.2, 0) is 6.42 Å². The minimum absolute atomic E-state index is 0.552. The van der Waals surface area contributed by atoms with Gasteiger partial charge in [0.15, 0.2) is 0 Å². The molecule has 6 nitrogen and oxygen atoms in total. The van der Waals surface area contributed by atoms with Gasteiger partial charge in [0, 0.05) is 36.8 Å². The first kappa shape index (κ1) is 16.6. The van der Waals surface area contributed by atoms with Crippen LogP contribution in [0.15, 0.2) is 24.5 Å². The lowest BCUT2D eigenvalue weighted by Crippen LogP contribution is -2.16. The SMILES string of the molecule is Cc1sc2nc(CCN)nc(NCCNc3cccnc3)c2c1C. The number of aryl methyl sites for hydroxylation is 2. The second-order valence-corrected chi connectivity index (χ2v) is 6.79. The third kappa shape index (κ3) is 3.63. The molecule has 3 rings (SSSR count). The van der Waals surface area contributed by atoms with Crippen LogP contribution >= 0.6 is 11.3 Å². The highest BCUT2D eigenvalue weighted by Crippen LogP contribution is 2.33. The Kier molecular flexibility index (Phi) is 5.22. The molecule has 0 unspecified atom stereocenters. The maximum Gasteiger partial charge on any atom is 0.138 e. The monoisotopic (exact) mass is 342 g/mol. The van der Waals surface area contributed by atoms with Crippen molar-refractivity contribution >= 4 is 33.1 Å². The van der Waals surface area contributed by atoms with Gasteiger partial charge in [0.2, 0.25) is 0 Å². The highest BCUT2D eigenvalue weighted by Gasteiger charge is 2.14. The number of rotatable bonds is 7. The van der Waals surface area contributed by atoms with Crippen LogP contribution in [0.2, 0.25) is 0 Å². The number of thiophene rings is 1. The van der Waals surface area contributed by atoms with Crippen molar-refractivity contribution in [1.29, 1.82) is 0 Å². The van der Waals surface area contributed by atoms with Crippen molar-refractivity contribution < 1.29 is 0 Å². The van der Waals surface area contributed by atoms with E-state index in [0.717, 1.165) is 40.6 Å². The van der Waals surface area contributed by atoms with E-state index in [9.17, 15) is 0 Å². The number of fused-ring (bicyclic) bond motifs is 1. The molecule has 0 bridgehead atoms. The third-order valence-corrected chi connectivity index (χ3v) is 4.95. The average molecular weight is 342 g/mol. The lowest BCUT2D eigenvalue weighted by atomic mass is 10.2. The molecule has 0 saturated heterocycles. The van der Waals surface area contributed by atoms with Gasteiger partial charge in [-0.2, -0.15) is 0 Å². The Bertz CT molecular complexity index is 815. The lowest BCUT2D eigenvalue weighted by Gasteiger charge is -2.11. The Morgan fingerprint density at radius 3 is 2.75 bits per heavy atom. The lowest BCUT2D eigenvalue weighted by molar-refractivity contribution is 0.879. The maximum atomic E-state index is 5.66. The first-order chi connectivity index (χ1) is 11.7. The van der Waals surface area contributed by atoms with Crippen molar-refractivity contribution in [1.82, 2.24) is 15.0 Å². The molecular weight excluding hydrogens is 320 g/mol. The van der Waals surface area contributed by atoms with Gasteiger partial charge in [-0.15, -0.1) is 11.3 Å². The van der Waals surface area contributed by atoms with E-state index in [0.29, 0.717) is 13.0 Å². The zero-order chi connectivity index (χ0) is 16.9. The van der Waals surface area contributed by atoms with Gasteiger partial charge < -0.3 is 16.4 Å². The average Bonchev–Trinajstić information content (AvgIpc) is 2.87. The van der Waals surface area contributed by atoms with Crippen LogP contribution in [0.5, 0.6) is 0 Å². The molecule has 126 valence electrons. The van der Waals surface area contributed by atoms with Gasteiger partial charge in [-0.1, -0.05) is 0 Å². The quantitative estimate of drug-likeness (QED) is 0.572. The number of hydrogen-bond donors (Lipinski definition) is 3. The zero-order valence-electron chi connectivity index (χ0n) is 14.0. The summed E-state index contributed by atoms with van der Waals surface area (Å²) < 4.78 is 0. The van der Waals surface area contributed by atoms with Crippen LogP contribution in [-0.4, -0.2) is 34.6 Å². The highest BCUT2D eigenvalue weighted by molar-refractivity contribution is 7.18. The van der Waals surface area contributed by atoms with Crippen LogP contribution < -0.4 is 16.4 Å². The molecule has 0 aliphatic heterocycles. The zero-order valence-corrected chi connectivity index (χ0v) is 14.8. The van der Waals surface area contributed by atoms with Crippen molar-refractivity contribution in [2.75, 3.05) is 30.3 Å². The molecule has 0 aliphatic carbocycles. The number of nitrogens with two attached hydrogens (primary N) is 1. The summed E-state index contributed by atoms with van der Waals surface area (Å²) in [5.74, 6) is 1.70. The maximum absolute atomic E-state index is 5.66. The van der Waals surface area contributed by atoms with Gasteiger partial charge in [-0.3, -0.25) is 4.98 Å². The molecule has 3 aromatic rings. The molecule has 3 aromatic heterocycles. The van der Waals surface area contributed by atoms with E-state index >= 15 is 0 Å². The van der Waals surface area contributed by atoms with E-state index < -0.39 is 0 Å². The van der Waals surface area contributed by atoms with Gasteiger partial charge in [0.05, 0.1) is 11.1 Å². The minimum atomic E-state index is 0.552. The molecular formula is C17H22N6S. The van der Waals surface area contributed by atoms with Gasteiger partial charge in [0.25, 0.3) is 0 Å². The Balaban J connectivity index is 1.74. The molecule has 7 heteroatoms. The van der Waals surface area contributed by atoms with Crippen LogP contribution in [0.1, 0.15) is 16.3 Å². The number of nitrogens with one attached hydrogen (secondary N) is 2. The normalized spacial score (nSPS) is 11.0. The molecule has 4 N–H and O–H groups in total. The van der Waals surface area contributed by atoms with Crippen molar-refractivity contribution in [3.63, 3.8) is 0 Å². The Morgan fingerprint density at radius 2 is 2.00 bits per heavy atom. The fourth-order valence-electron chi connectivity index (χ4n) is 2.52. The second kappa shape index (κ2) is 7.55. The number of nitrogens with zero attached hydrogens (tertiary/aromatic N) is 3. The van der Waals surface area contributed by atoms with Crippen molar-refractivity contribution in [3.8, 4) is 0 Å².